The highest BCUT2D eigenvalue weighted by Crippen LogP contribution is 2.37. The molecule has 1 aliphatic carbocycles. The largest absolute Gasteiger partial charge is 0.416 e. The summed E-state index contributed by atoms with van der Waals surface area (Å²) in [6.07, 6.45) is 0.790. The van der Waals surface area contributed by atoms with Crippen molar-refractivity contribution >= 4 is 17.3 Å². The van der Waals surface area contributed by atoms with Crippen molar-refractivity contribution in [1.82, 2.24) is 0 Å². The Morgan fingerprint density at radius 2 is 1.94 bits per heavy atom. The third-order valence-electron chi connectivity index (χ3n) is 6.66. The van der Waals surface area contributed by atoms with Crippen molar-refractivity contribution in [2.75, 3.05) is 11.4 Å². The fourth-order valence-corrected chi connectivity index (χ4v) is 5.01. The molecule has 1 atom stereocenters. The van der Waals surface area contributed by atoms with Gasteiger partial charge in [-0.3, -0.25) is 9.59 Å². The molecule has 0 bridgehead atoms. The standard InChI is InChI=1S/C27H28F3NO2/c1-3-5-20-6-4-13-31(20)21-11-9-19(24(16-21)27(28,29)30)15-25(32)22-12-10-18-8-7-17(2)14-23(18)26(22)33/h7-9,11-12,14,16,20H,3-6,10,13,15H2,1-2H3. The molecule has 2 aromatic rings. The third-order valence-corrected chi connectivity index (χ3v) is 6.66. The van der Waals surface area contributed by atoms with E-state index in [1.54, 1.807) is 18.2 Å². The van der Waals surface area contributed by atoms with Crippen molar-refractivity contribution in [3.05, 3.63) is 75.9 Å². The fourth-order valence-electron chi connectivity index (χ4n) is 5.01. The van der Waals surface area contributed by atoms with Gasteiger partial charge in [0.2, 0.25) is 0 Å². The summed E-state index contributed by atoms with van der Waals surface area (Å²) in [4.78, 5) is 27.9. The number of carbonyl (C=O) groups excluding carboxylic acids is 2. The zero-order valence-electron chi connectivity index (χ0n) is 19.0. The van der Waals surface area contributed by atoms with Gasteiger partial charge in [0.15, 0.2) is 11.6 Å². The molecule has 3 nitrogen and oxygen atoms in total. The molecule has 0 saturated carbocycles. The first-order valence-electron chi connectivity index (χ1n) is 11.5. The Kier molecular flexibility index (Phi) is 6.46. The first-order valence-corrected chi connectivity index (χ1v) is 11.5. The van der Waals surface area contributed by atoms with Crippen LogP contribution in [0.3, 0.4) is 0 Å². The molecule has 2 aliphatic rings. The van der Waals surface area contributed by atoms with Gasteiger partial charge in [-0.1, -0.05) is 43.2 Å². The van der Waals surface area contributed by atoms with E-state index in [1.807, 2.05) is 19.1 Å². The van der Waals surface area contributed by atoms with Crippen molar-refractivity contribution in [3.8, 4) is 0 Å². The van der Waals surface area contributed by atoms with E-state index in [1.165, 1.54) is 12.1 Å². The second-order valence-electron chi connectivity index (χ2n) is 9.03. The molecule has 1 unspecified atom stereocenters. The van der Waals surface area contributed by atoms with Crippen LogP contribution in [0, 0.1) is 6.92 Å². The average Bonchev–Trinajstić information content (AvgIpc) is 3.22. The number of ketones is 2. The summed E-state index contributed by atoms with van der Waals surface area (Å²) < 4.78 is 41.9. The predicted molar refractivity (Wildman–Crippen MR) is 123 cm³/mol. The Labute approximate surface area is 192 Å². The highest BCUT2D eigenvalue weighted by atomic mass is 19.4. The monoisotopic (exact) mass is 455 g/mol. The van der Waals surface area contributed by atoms with Crippen molar-refractivity contribution in [2.24, 2.45) is 0 Å². The lowest BCUT2D eigenvalue weighted by atomic mass is 9.85. The van der Waals surface area contributed by atoms with Gasteiger partial charge in [0.1, 0.15) is 0 Å². The molecule has 1 heterocycles. The first-order chi connectivity index (χ1) is 15.7. The summed E-state index contributed by atoms with van der Waals surface area (Å²) >= 11 is 0. The number of Topliss-reactive ketones (excluding diaryl/α,β-unsaturated/α-hetero) is 2. The molecule has 0 spiro atoms. The second-order valence-corrected chi connectivity index (χ2v) is 9.03. The molecule has 6 heteroatoms. The SMILES string of the molecule is CCCC1CCCN1c1ccc(CC(=O)C2=CCc3ccc(C)cc3C2=O)c(C(F)(F)F)c1. The molecule has 0 aromatic heterocycles. The maximum atomic E-state index is 14.0. The maximum Gasteiger partial charge on any atom is 0.416 e. The topological polar surface area (TPSA) is 37.4 Å². The molecule has 33 heavy (non-hydrogen) atoms. The number of alkyl halides is 3. The minimum Gasteiger partial charge on any atom is -0.369 e. The molecule has 0 N–H and O–H groups in total. The van der Waals surface area contributed by atoms with Gasteiger partial charge in [-0.25, -0.2) is 0 Å². The third kappa shape index (κ3) is 4.75. The van der Waals surface area contributed by atoms with Gasteiger partial charge in [-0.15, -0.1) is 0 Å². The highest BCUT2D eigenvalue weighted by molar-refractivity contribution is 6.27. The molecule has 1 fully saturated rings. The van der Waals surface area contributed by atoms with E-state index in [-0.39, 0.29) is 17.2 Å². The summed E-state index contributed by atoms with van der Waals surface area (Å²) in [5.41, 5.74) is 1.83. The quantitative estimate of drug-likeness (QED) is 0.483. The van der Waals surface area contributed by atoms with E-state index in [9.17, 15) is 22.8 Å². The number of anilines is 1. The maximum absolute atomic E-state index is 14.0. The number of nitrogens with zero attached hydrogens (tertiary/aromatic N) is 1. The lowest BCUT2D eigenvalue weighted by Gasteiger charge is -2.28. The fraction of sp³-hybridized carbons (Fsp3) is 0.407. The van der Waals surface area contributed by atoms with Gasteiger partial charge in [0, 0.05) is 30.3 Å². The average molecular weight is 456 g/mol. The van der Waals surface area contributed by atoms with E-state index < -0.39 is 29.7 Å². The normalized spacial score (nSPS) is 18.3. The Bertz CT molecular complexity index is 1120. The minimum absolute atomic E-state index is 0.0205. The summed E-state index contributed by atoms with van der Waals surface area (Å²) in [5.74, 6) is -0.981. The Morgan fingerprint density at radius 3 is 2.67 bits per heavy atom. The minimum atomic E-state index is -4.58. The lowest BCUT2D eigenvalue weighted by Crippen LogP contribution is -2.29. The zero-order chi connectivity index (χ0) is 23.8. The second kappa shape index (κ2) is 9.16. The van der Waals surface area contributed by atoms with Crippen LogP contribution in [0.1, 0.15) is 65.2 Å². The van der Waals surface area contributed by atoms with Gasteiger partial charge < -0.3 is 4.90 Å². The van der Waals surface area contributed by atoms with Crippen LogP contribution < -0.4 is 4.90 Å². The lowest BCUT2D eigenvalue weighted by molar-refractivity contribution is -0.138. The smallest absolute Gasteiger partial charge is 0.369 e. The van der Waals surface area contributed by atoms with Gasteiger partial charge in [0.25, 0.3) is 0 Å². The first kappa shape index (κ1) is 23.3. The molecule has 0 radical (unpaired) electrons. The number of aryl methyl sites for hydroxylation is 1. The summed E-state index contributed by atoms with van der Waals surface area (Å²) in [6, 6.07) is 9.99. The summed E-state index contributed by atoms with van der Waals surface area (Å²) in [7, 11) is 0. The van der Waals surface area contributed by atoms with Crippen LogP contribution in [-0.4, -0.2) is 24.2 Å². The number of rotatable bonds is 6. The van der Waals surface area contributed by atoms with Crippen LogP contribution >= 0.6 is 0 Å². The van der Waals surface area contributed by atoms with E-state index in [0.29, 0.717) is 17.7 Å². The van der Waals surface area contributed by atoms with E-state index in [0.717, 1.165) is 43.4 Å². The molecular weight excluding hydrogens is 427 g/mol. The number of carbonyl (C=O) groups is 2. The number of fused-ring (bicyclic) bond motifs is 1. The van der Waals surface area contributed by atoms with Crippen LogP contribution in [0.15, 0.2) is 48.0 Å². The van der Waals surface area contributed by atoms with Crippen LogP contribution in [0.2, 0.25) is 0 Å². The molecule has 2 aromatic carbocycles. The summed E-state index contributed by atoms with van der Waals surface area (Å²) in [6.45, 7) is 4.67. The van der Waals surface area contributed by atoms with Crippen molar-refractivity contribution < 1.29 is 22.8 Å². The van der Waals surface area contributed by atoms with Crippen LogP contribution in [0.5, 0.6) is 0 Å². The van der Waals surface area contributed by atoms with Crippen molar-refractivity contribution in [2.45, 2.75) is 64.6 Å². The highest BCUT2D eigenvalue weighted by Gasteiger charge is 2.36. The number of allylic oxidation sites excluding steroid dienone is 2. The van der Waals surface area contributed by atoms with Crippen LogP contribution in [0.4, 0.5) is 18.9 Å². The summed E-state index contributed by atoms with van der Waals surface area (Å²) in [5, 5.41) is 0. The van der Waals surface area contributed by atoms with Crippen LogP contribution in [-0.2, 0) is 23.8 Å². The van der Waals surface area contributed by atoms with Gasteiger partial charge >= 0.3 is 6.18 Å². The molecule has 174 valence electrons. The molecular formula is C27H28F3NO2. The van der Waals surface area contributed by atoms with Gasteiger partial charge in [-0.05, 0) is 61.9 Å². The van der Waals surface area contributed by atoms with Gasteiger partial charge in [0.05, 0.1) is 11.1 Å². The van der Waals surface area contributed by atoms with Crippen LogP contribution in [0.25, 0.3) is 0 Å². The van der Waals surface area contributed by atoms with E-state index >= 15 is 0 Å². The number of hydrogen-bond donors (Lipinski definition) is 0. The molecule has 1 saturated heterocycles. The van der Waals surface area contributed by atoms with E-state index in [4.69, 9.17) is 0 Å². The number of benzene rings is 2. The Balaban J connectivity index is 1.61. The number of halogens is 3. The predicted octanol–water partition coefficient (Wildman–Crippen LogP) is 6.26. The molecule has 4 rings (SSSR count). The van der Waals surface area contributed by atoms with Gasteiger partial charge in [-0.2, -0.15) is 13.2 Å². The Hall–Kier alpha value is -2.89. The molecule has 0 amide bonds. The zero-order valence-corrected chi connectivity index (χ0v) is 19.0. The van der Waals surface area contributed by atoms with Crippen molar-refractivity contribution in [3.63, 3.8) is 0 Å². The van der Waals surface area contributed by atoms with E-state index in [2.05, 4.69) is 11.8 Å². The molecule has 1 aliphatic heterocycles. The number of hydrogen-bond acceptors (Lipinski definition) is 3. The van der Waals surface area contributed by atoms with Crippen molar-refractivity contribution in [1.29, 1.82) is 0 Å². The Morgan fingerprint density at radius 1 is 1.15 bits per heavy atom.